The van der Waals surface area contributed by atoms with Crippen molar-refractivity contribution in [2.45, 2.75) is 13.3 Å². The molecule has 4 nitrogen and oxygen atoms in total. The minimum atomic E-state index is -1.04. The maximum atomic E-state index is 13.8. The van der Waals surface area contributed by atoms with Gasteiger partial charge in [-0.15, -0.1) is 0 Å². The van der Waals surface area contributed by atoms with Crippen LogP contribution in [0.25, 0.3) is 0 Å². The summed E-state index contributed by atoms with van der Waals surface area (Å²) >= 11 is 0. The zero-order chi connectivity index (χ0) is 12.3. The number of carboxylic acids is 1. The molecule has 0 amide bonds. The van der Waals surface area contributed by atoms with E-state index in [0.717, 1.165) is 0 Å². The molecular formula is C11H13FO4. The van der Waals surface area contributed by atoms with Gasteiger partial charge in [0.15, 0.2) is 11.5 Å². The molecule has 0 radical (unpaired) electrons. The van der Waals surface area contributed by atoms with Gasteiger partial charge in [-0.05, 0) is 18.6 Å². The Kier molecular flexibility index (Phi) is 3.71. The summed E-state index contributed by atoms with van der Waals surface area (Å²) in [6.07, 6.45) is -0.287. The Labute approximate surface area is 92.6 Å². The lowest BCUT2D eigenvalue weighted by molar-refractivity contribution is -0.136. The maximum absolute atomic E-state index is 13.8. The van der Waals surface area contributed by atoms with Crippen molar-refractivity contribution >= 4 is 5.97 Å². The molecule has 88 valence electrons. The van der Waals surface area contributed by atoms with Gasteiger partial charge in [0.1, 0.15) is 0 Å². The van der Waals surface area contributed by atoms with Crippen LogP contribution in [-0.2, 0) is 11.2 Å². The molecule has 0 atom stereocenters. The number of benzene rings is 1. The molecule has 16 heavy (non-hydrogen) atoms. The largest absolute Gasteiger partial charge is 0.493 e. The van der Waals surface area contributed by atoms with Crippen molar-refractivity contribution in [1.82, 2.24) is 0 Å². The normalized spacial score (nSPS) is 10.0. The number of methoxy groups -OCH3 is 2. The van der Waals surface area contributed by atoms with Crippen LogP contribution >= 0.6 is 0 Å². The van der Waals surface area contributed by atoms with Gasteiger partial charge in [-0.25, -0.2) is 0 Å². The Morgan fingerprint density at radius 3 is 2.38 bits per heavy atom. The summed E-state index contributed by atoms with van der Waals surface area (Å²) in [5.41, 5.74) is 0.836. The van der Waals surface area contributed by atoms with Crippen LogP contribution in [0.3, 0.4) is 0 Å². The predicted molar refractivity (Wildman–Crippen MR) is 55.6 cm³/mol. The third-order valence-electron chi connectivity index (χ3n) is 2.19. The van der Waals surface area contributed by atoms with Gasteiger partial charge < -0.3 is 14.6 Å². The molecule has 0 aliphatic carbocycles. The fourth-order valence-electron chi connectivity index (χ4n) is 1.58. The molecule has 0 bridgehead atoms. The first-order valence-electron chi connectivity index (χ1n) is 4.63. The molecule has 0 heterocycles. The Bertz CT molecular complexity index is 415. The Morgan fingerprint density at radius 2 is 1.94 bits per heavy atom. The smallest absolute Gasteiger partial charge is 0.307 e. The summed E-state index contributed by atoms with van der Waals surface area (Å²) in [6.45, 7) is 1.65. The fraction of sp³-hybridized carbons (Fsp3) is 0.364. The molecule has 1 rings (SSSR count). The van der Waals surface area contributed by atoms with Crippen molar-refractivity contribution in [3.05, 3.63) is 23.0 Å². The van der Waals surface area contributed by atoms with E-state index in [-0.39, 0.29) is 17.9 Å². The number of carboxylic acid groups (broad SMARTS) is 1. The number of aryl methyl sites for hydroxylation is 1. The van der Waals surface area contributed by atoms with Crippen LogP contribution in [-0.4, -0.2) is 25.3 Å². The predicted octanol–water partition coefficient (Wildman–Crippen LogP) is 1.78. The van der Waals surface area contributed by atoms with Crippen LogP contribution < -0.4 is 9.47 Å². The number of ether oxygens (including phenoxy) is 2. The van der Waals surface area contributed by atoms with E-state index >= 15 is 0 Å². The van der Waals surface area contributed by atoms with Gasteiger partial charge in [-0.3, -0.25) is 4.79 Å². The van der Waals surface area contributed by atoms with Crippen molar-refractivity contribution in [2.75, 3.05) is 14.2 Å². The molecule has 5 heteroatoms. The number of aliphatic carboxylic acids is 1. The molecule has 0 fully saturated rings. The number of hydrogen-bond donors (Lipinski definition) is 1. The fourth-order valence-corrected chi connectivity index (χ4v) is 1.58. The number of halogens is 1. The van der Waals surface area contributed by atoms with Crippen LogP contribution in [0.2, 0.25) is 0 Å². The van der Waals surface area contributed by atoms with E-state index in [4.69, 9.17) is 14.6 Å². The van der Waals surface area contributed by atoms with E-state index in [1.165, 1.54) is 14.2 Å². The highest BCUT2D eigenvalue weighted by molar-refractivity contribution is 5.72. The molecule has 0 saturated heterocycles. The second kappa shape index (κ2) is 4.83. The van der Waals surface area contributed by atoms with Gasteiger partial charge in [0.2, 0.25) is 5.82 Å². The Morgan fingerprint density at radius 1 is 1.38 bits per heavy atom. The Hall–Kier alpha value is -1.78. The highest BCUT2D eigenvalue weighted by Gasteiger charge is 2.19. The van der Waals surface area contributed by atoms with Gasteiger partial charge >= 0.3 is 5.97 Å². The van der Waals surface area contributed by atoms with Gasteiger partial charge in [-0.2, -0.15) is 4.39 Å². The topological polar surface area (TPSA) is 55.8 Å². The monoisotopic (exact) mass is 228 g/mol. The average molecular weight is 228 g/mol. The molecule has 0 unspecified atom stereocenters. The first-order valence-corrected chi connectivity index (χ1v) is 4.63. The maximum Gasteiger partial charge on any atom is 0.307 e. The molecule has 1 aromatic rings. The van der Waals surface area contributed by atoms with E-state index in [0.29, 0.717) is 11.1 Å². The summed E-state index contributed by atoms with van der Waals surface area (Å²) in [5.74, 6) is -1.71. The first-order chi connectivity index (χ1) is 7.51. The van der Waals surface area contributed by atoms with E-state index in [1.54, 1.807) is 13.0 Å². The summed E-state index contributed by atoms with van der Waals surface area (Å²) in [7, 11) is 2.64. The Balaban J connectivity index is 3.34. The molecule has 1 N–H and O–H groups in total. The van der Waals surface area contributed by atoms with E-state index in [1.807, 2.05) is 0 Å². The van der Waals surface area contributed by atoms with Gasteiger partial charge in [0, 0.05) is 5.56 Å². The van der Waals surface area contributed by atoms with Crippen molar-refractivity contribution < 1.29 is 23.8 Å². The zero-order valence-corrected chi connectivity index (χ0v) is 9.33. The lowest BCUT2D eigenvalue weighted by Crippen LogP contribution is -2.06. The van der Waals surface area contributed by atoms with Crippen molar-refractivity contribution in [3.63, 3.8) is 0 Å². The molecule has 0 spiro atoms. The summed E-state index contributed by atoms with van der Waals surface area (Å²) < 4.78 is 23.5. The standard InChI is InChI=1S/C11H13FO4/c1-6-4-7(5-8(13)14)11(16-3)9(12)10(6)15-2/h4H,5H2,1-3H3,(H,13,14). The minimum absolute atomic E-state index is 0.0750. The molecule has 0 aliphatic heterocycles. The molecule has 0 aliphatic rings. The summed E-state index contributed by atoms with van der Waals surface area (Å²) in [5, 5.41) is 8.69. The SMILES string of the molecule is COc1c(C)cc(CC(=O)O)c(OC)c1F. The van der Waals surface area contributed by atoms with Crippen molar-refractivity contribution in [2.24, 2.45) is 0 Å². The minimum Gasteiger partial charge on any atom is -0.493 e. The lowest BCUT2D eigenvalue weighted by atomic mass is 10.1. The van der Waals surface area contributed by atoms with Gasteiger partial charge in [0.05, 0.1) is 20.6 Å². The van der Waals surface area contributed by atoms with Gasteiger partial charge in [-0.1, -0.05) is 0 Å². The van der Waals surface area contributed by atoms with E-state index in [2.05, 4.69) is 0 Å². The number of rotatable bonds is 4. The molecule has 0 saturated carbocycles. The van der Waals surface area contributed by atoms with Crippen molar-refractivity contribution in [1.29, 1.82) is 0 Å². The third-order valence-corrected chi connectivity index (χ3v) is 2.19. The second-order valence-electron chi connectivity index (χ2n) is 3.30. The van der Waals surface area contributed by atoms with Gasteiger partial charge in [0.25, 0.3) is 0 Å². The van der Waals surface area contributed by atoms with Crippen LogP contribution in [0.1, 0.15) is 11.1 Å². The van der Waals surface area contributed by atoms with Crippen LogP contribution in [0.5, 0.6) is 11.5 Å². The molecular weight excluding hydrogens is 215 g/mol. The quantitative estimate of drug-likeness (QED) is 0.853. The van der Waals surface area contributed by atoms with Crippen LogP contribution in [0.15, 0.2) is 6.07 Å². The summed E-state index contributed by atoms with van der Waals surface area (Å²) in [4.78, 5) is 10.6. The third kappa shape index (κ3) is 2.24. The highest BCUT2D eigenvalue weighted by Crippen LogP contribution is 2.33. The second-order valence-corrected chi connectivity index (χ2v) is 3.30. The van der Waals surface area contributed by atoms with Crippen LogP contribution in [0, 0.1) is 12.7 Å². The first kappa shape index (κ1) is 12.3. The van der Waals surface area contributed by atoms with E-state index < -0.39 is 11.8 Å². The zero-order valence-electron chi connectivity index (χ0n) is 9.33. The number of carbonyl (C=O) groups is 1. The number of hydrogen-bond acceptors (Lipinski definition) is 3. The average Bonchev–Trinajstić information content (AvgIpc) is 2.17. The molecule has 0 aromatic heterocycles. The highest BCUT2D eigenvalue weighted by atomic mass is 19.1. The van der Waals surface area contributed by atoms with Crippen LogP contribution in [0.4, 0.5) is 4.39 Å². The van der Waals surface area contributed by atoms with Crippen molar-refractivity contribution in [3.8, 4) is 11.5 Å². The molecule has 1 aromatic carbocycles. The summed E-state index contributed by atoms with van der Waals surface area (Å²) in [6, 6.07) is 1.55. The lowest BCUT2D eigenvalue weighted by Gasteiger charge is -2.13. The van der Waals surface area contributed by atoms with E-state index in [9.17, 15) is 9.18 Å².